The molecular weight excluding hydrogens is 198 g/mol. The maximum absolute atomic E-state index is 5.80. The van der Waals surface area contributed by atoms with Crippen molar-refractivity contribution in [3.63, 3.8) is 0 Å². The SMILES string of the molecule is C=C1CN=C(C23CC4CC(CC(C4)C2)C3)O1. The van der Waals surface area contributed by atoms with Gasteiger partial charge in [-0.3, -0.25) is 0 Å². The van der Waals surface area contributed by atoms with Crippen LogP contribution in [0.15, 0.2) is 17.3 Å². The van der Waals surface area contributed by atoms with E-state index in [4.69, 9.17) is 4.74 Å². The van der Waals surface area contributed by atoms with Crippen molar-refractivity contribution in [2.75, 3.05) is 6.54 Å². The number of aliphatic imine (C=N–C) groups is 1. The highest BCUT2D eigenvalue weighted by molar-refractivity contribution is 5.85. The van der Waals surface area contributed by atoms with E-state index in [0.717, 1.165) is 29.4 Å². The lowest BCUT2D eigenvalue weighted by Gasteiger charge is -2.55. The topological polar surface area (TPSA) is 21.6 Å². The molecule has 4 fully saturated rings. The fourth-order valence-electron chi connectivity index (χ4n) is 5.01. The van der Waals surface area contributed by atoms with Gasteiger partial charge in [0.2, 0.25) is 0 Å². The van der Waals surface area contributed by atoms with Gasteiger partial charge in [-0.05, 0) is 56.3 Å². The van der Waals surface area contributed by atoms with E-state index >= 15 is 0 Å². The maximum atomic E-state index is 5.80. The zero-order valence-corrected chi connectivity index (χ0v) is 9.74. The van der Waals surface area contributed by atoms with Gasteiger partial charge in [0.15, 0.2) is 5.90 Å². The van der Waals surface area contributed by atoms with Crippen LogP contribution in [-0.4, -0.2) is 12.4 Å². The number of ether oxygens (including phenoxy) is 1. The summed E-state index contributed by atoms with van der Waals surface area (Å²) in [4.78, 5) is 4.60. The second-order valence-corrected chi connectivity index (χ2v) is 6.46. The number of nitrogens with zero attached hydrogens (tertiary/aromatic N) is 1. The Morgan fingerprint density at radius 2 is 1.62 bits per heavy atom. The molecule has 0 saturated heterocycles. The van der Waals surface area contributed by atoms with E-state index in [1.165, 1.54) is 38.5 Å². The first-order valence-electron chi connectivity index (χ1n) is 6.64. The first-order chi connectivity index (χ1) is 7.73. The van der Waals surface area contributed by atoms with Gasteiger partial charge in [0.25, 0.3) is 0 Å². The van der Waals surface area contributed by atoms with Gasteiger partial charge in [-0.2, -0.15) is 0 Å². The van der Waals surface area contributed by atoms with Crippen LogP contribution in [-0.2, 0) is 4.74 Å². The molecule has 4 saturated carbocycles. The summed E-state index contributed by atoms with van der Waals surface area (Å²) in [5.74, 6) is 4.80. The molecule has 5 aliphatic rings. The molecule has 2 nitrogen and oxygen atoms in total. The summed E-state index contributed by atoms with van der Waals surface area (Å²) in [7, 11) is 0. The van der Waals surface area contributed by atoms with Crippen LogP contribution >= 0.6 is 0 Å². The molecule has 0 N–H and O–H groups in total. The van der Waals surface area contributed by atoms with Crippen LogP contribution in [0.1, 0.15) is 38.5 Å². The molecule has 86 valence electrons. The highest BCUT2D eigenvalue weighted by Gasteiger charge is 2.54. The average molecular weight is 217 g/mol. The van der Waals surface area contributed by atoms with Crippen LogP contribution in [0.3, 0.4) is 0 Å². The van der Waals surface area contributed by atoms with E-state index in [-0.39, 0.29) is 0 Å². The molecule has 1 aliphatic heterocycles. The second kappa shape index (κ2) is 2.91. The van der Waals surface area contributed by atoms with Crippen molar-refractivity contribution in [1.82, 2.24) is 0 Å². The molecule has 0 unspecified atom stereocenters. The molecule has 0 amide bonds. The molecule has 2 heteroatoms. The van der Waals surface area contributed by atoms with E-state index < -0.39 is 0 Å². The summed E-state index contributed by atoms with van der Waals surface area (Å²) in [6, 6.07) is 0. The van der Waals surface area contributed by atoms with Crippen molar-refractivity contribution in [1.29, 1.82) is 0 Å². The van der Waals surface area contributed by atoms with E-state index in [1.54, 1.807) is 0 Å². The lowest BCUT2D eigenvalue weighted by Crippen LogP contribution is -2.50. The van der Waals surface area contributed by atoms with Gasteiger partial charge in [0.1, 0.15) is 12.3 Å². The van der Waals surface area contributed by atoms with Gasteiger partial charge >= 0.3 is 0 Å². The summed E-state index contributed by atoms with van der Waals surface area (Å²) < 4.78 is 5.80. The fourth-order valence-corrected chi connectivity index (χ4v) is 5.01. The van der Waals surface area contributed by atoms with E-state index in [1.807, 2.05) is 0 Å². The Kier molecular flexibility index (Phi) is 1.68. The summed E-state index contributed by atoms with van der Waals surface area (Å²) in [5.41, 5.74) is 0.328. The molecule has 0 radical (unpaired) electrons. The summed E-state index contributed by atoms with van der Waals surface area (Å²) >= 11 is 0. The maximum Gasteiger partial charge on any atom is 0.196 e. The Morgan fingerprint density at radius 3 is 2.06 bits per heavy atom. The van der Waals surface area contributed by atoms with Crippen molar-refractivity contribution < 1.29 is 4.74 Å². The largest absolute Gasteiger partial charge is 0.446 e. The average Bonchev–Trinajstić information content (AvgIpc) is 2.63. The molecule has 16 heavy (non-hydrogen) atoms. The Balaban J connectivity index is 1.69. The van der Waals surface area contributed by atoms with Crippen LogP contribution < -0.4 is 0 Å². The molecule has 5 rings (SSSR count). The van der Waals surface area contributed by atoms with Crippen LogP contribution in [0.2, 0.25) is 0 Å². The molecule has 1 heterocycles. The van der Waals surface area contributed by atoms with Crippen molar-refractivity contribution in [3.8, 4) is 0 Å². The third-order valence-electron chi connectivity index (χ3n) is 5.13. The van der Waals surface area contributed by atoms with E-state index in [2.05, 4.69) is 11.6 Å². The molecule has 0 aromatic carbocycles. The quantitative estimate of drug-likeness (QED) is 0.661. The Bertz CT molecular complexity index is 347. The number of rotatable bonds is 1. The second-order valence-electron chi connectivity index (χ2n) is 6.46. The van der Waals surface area contributed by atoms with Crippen LogP contribution in [0.25, 0.3) is 0 Å². The minimum atomic E-state index is 0.328. The Hall–Kier alpha value is -0.790. The van der Waals surface area contributed by atoms with Gasteiger partial charge in [0, 0.05) is 5.41 Å². The Labute approximate surface area is 96.8 Å². The van der Waals surface area contributed by atoms with Crippen LogP contribution in [0, 0.1) is 23.2 Å². The van der Waals surface area contributed by atoms with Crippen LogP contribution in [0.5, 0.6) is 0 Å². The third-order valence-corrected chi connectivity index (χ3v) is 5.13. The van der Waals surface area contributed by atoms with Crippen molar-refractivity contribution in [2.45, 2.75) is 38.5 Å². The van der Waals surface area contributed by atoms with Gasteiger partial charge < -0.3 is 4.74 Å². The van der Waals surface area contributed by atoms with Crippen molar-refractivity contribution in [3.05, 3.63) is 12.3 Å². The fraction of sp³-hybridized carbons (Fsp3) is 0.786. The lowest BCUT2D eigenvalue weighted by atomic mass is 9.49. The molecule has 0 aromatic heterocycles. The third kappa shape index (κ3) is 1.16. The normalized spacial score (nSPS) is 49.4. The monoisotopic (exact) mass is 217 g/mol. The van der Waals surface area contributed by atoms with Gasteiger partial charge in [-0.25, -0.2) is 4.99 Å². The zero-order chi connectivity index (χ0) is 10.8. The minimum absolute atomic E-state index is 0.328. The van der Waals surface area contributed by atoms with Gasteiger partial charge in [-0.15, -0.1) is 0 Å². The first-order valence-corrected chi connectivity index (χ1v) is 6.64. The molecule has 0 atom stereocenters. The predicted molar refractivity (Wildman–Crippen MR) is 63.1 cm³/mol. The van der Waals surface area contributed by atoms with Gasteiger partial charge in [0.05, 0.1) is 0 Å². The number of hydrogen-bond acceptors (Lipinski definition) is 2. The Morgan fingerprint density at radius 1 is 1.06 bits per heavy atom. The minimum Gasteiger partial charge on any atom is -0.446 e. The smallest absolute Gasteiger partial charge is 0.196 e. The summed E-state index contributed by atoms with van der Waals surface area (Å²) in [5, 5.41) is 0. The van der Waals surface area contributed by atoms with Crippen molar-refractivity contribution >= 4 is 5.90 Å². The number of hydrogen-bond donors (Lipinski definition) is 0. The van der Waals surface area contributed by atoms with E-state index in [9.17, 15) is 0 Å². The zero-order valence-electron chi connectivity index (χ0n) is 9.74. The first kappa shape index (κ1) is 9.26. The standard InChI is InChI=1S/C14H19NO/c1-9-8-15-13(16-9)14-5-10-2-11(6-14)4-12(3-10)7-14/h10-12H,1-8H2. The summed E-state index contributed by atoms with van der Waals surface area (Å²) in [6.45, 7) is 4.60. The molecular formula is C14H19NO. The van der Waals surface area contributed by atoms with Gasteiger partial charge in [-0.1, -0.05) is 6.58 Å². The highest BCUT2D eigenvalue weighted by atomic mass is 16.5. The molecule has 4 bridgehead atoms. The predicted octanol–water partition coefficient (Wildman–Crippen LogP) is 3.15. The molecule has 0 spiro atoms. The molecule has 0 aromatic rings. The lowest BCUT2D eigenvalue weighted by molar-refractivity contribution is -0.0209. The highest BCUT2D eigenvalue weighted by Crippen LogP contribution is 2.61. The molecule has 4 aliphatic carbocycles. The summed E-state index contributed by atoms with van der Waals surface area (Å²) in [6.07, 6.45) is 8.45. The van der Waals surface area contributed by atoms with Crippen LogP contribution in [0.4, 0.5) is 0 Å². The van der Waals surface area contributed by atoms with Crippen molar-refractivity contribution in [2.24, 2.45) is 28.2 Å². The van der Waals surface area contributed by atoms with E-state index in [0.29, 0.717) is 12.0 Å².